The van der Waals surface area contributed by atoms with Crippen LogP contribution in [-0.2, 0) is 4.79 Å². The first-order valence-corrected chi connectivity index (χ1v) is 5.17. The van der Waals surface area contributed by atoms with E-state index in [4.69, 9.17) is 0 Å². The van der Waals surface area contributed by atoms with E-state index in [-0.39, 0.29) is 11.9 Å². The van der Waals surface area contributed by atoms with Gasteiger partial charge in [0.05, 0.1) is 11.2 Å². The number of aromatic nitrogens is 1. The number of benzene rings is 1. The molecule has 0 radical (unpaired) electrons. The number of anilines is 1. The Kier molecular flexibility index (Phi) is 1.91. The number of carbonyl (C=O) groups excluding carboxylic acids is 1. The minimum absolute atomic E-state index is 0.0179. The van der Waals surface area contributed by atoms with Crippen molar-refractivity contribution >= 4 is 22.5 Å². The van der Waals surface area contributed by atoms with Gasteiger partial charge in [-0.05, 0) is 13.1 Å². The number of hydrogen-bond acceptors (Lipinski definition) is 3. The van der Waals surface area contributed by atoms with E-state index in [1.54, 1.807) is 13.2 Å². The first kappa shape index (κ1) is 9.30. The molecule has 2 N–H and O–H groups in total. The van der Waals surface area contributed by atoms with Gasteiger partial charge in [0.2, 0.25) is 5.91 Å². The van der Waals surface area contributed by atoms with Crippen LogP contribution in [0, 0.1) is 0 Å². The van der Waals surface area contributed by atoms with Crippen LogP contribution in [0.15, 0.2) is 30.5 Å². The van der Waals surface area contributed by atoms with Crippen LogP contribution in [0.3, 0.4) is 0 Å². The van der Waals surface area contributed by atoms with E-state index in [1.165, 1.54) is 0 Å². The molecule has 4 nitrogen and oxygen atoms in total. The van der Waals surface area contributed by atoms with Gasteiger partial charge in [0, 0.05) is 17.1 Å². The van der Waals surface area contributed by atoms with Crippen LogP contribution in [0.2, 0.25) is 0 Å². The number of nitrogens with one attached hydrogen (secondary N) is 2. The summed E-state index contributed by atoms with van der Waals surface area (Å²) in [5.74, 6) is -0.0179. The third kappa shape index (κ3) is 1.13. The van der Waals surface area contributed by atoms with Gasteiger partial charge in [-0.3, -0.25) is 9.78 Å². The second kappa shape index (κ2) is 3.28. The van der Waals surface area contributed by atoms with E-state index >= 15 is 0 Å². The zero-order valence-electron chi connectivity index (χ0n) is 8.82. The Bertz CT molecular complexity index is 579. The molecule has 1 aromatic heterocycles. The average Bonchev–Trinajstić information content (AvgIpc) is 2.65. The van der Waals surface area contributed by atoms with Crippen LogP contribution in [0.1, 0.15) is 11.6 Å². The van der Waals surface area contributed by atoms with Crippen LogP contribution >= 0.6 is 0 Å². The topological polar surface area (TPSA) is 54.0 Å². The molecule has 0 spiro atoms. The molecule has 16 heavy (non-hydrogen) atoms. The summed E-state index contributed by atoms with van der Waals surface area (Å²) in [7, 11) is 1.78. The lowest BCUT2D eigenvalue weighted by molar-refractivity contribution is -0.117. The maximum Gasteiger partial charge on any atom is 0.246 e. The van der Waals surface area contributed by atoms with E-state index < -0.39 is 0 Å². The number of nitrogens with zero attached hydrogens (tertiary/aromatic N) is 1. The van der Waals surface area contributed by atoms with Crippen molar-refractivity contribution in [1.82, 2.24) is 10.3 Å². The predicted molar refractivity (Wildman–Crippen MR) is 62.2 cm³/mol. The fourth-order valence-electron chi connectivity index (χ4n) is 2.16. The fraction of sp³-hybridized carbons (Fsp3) is 0.167. The van der Waals surface area contributed by atoms with Crippen molar-refractivity contribution in [2.45, 2.75) is 6.04 Å². The van der Waals surface area contributed by atoms with Gasteiger partial charge in [-0.1, -0.05) is 18.2 Å². The molecule has 1 atom stereocenters. The number of rotatable bonds is 1. The molecule has 1 aliphatic heterocycles. The van der Waals surface area contributed by atoms with Crippen LogP contribution in [0.5, 0.6) is 0 Å². The molecule has 2 aromatic rings. The van der Waals surface area contributed by atoms with Gasteiger partial charge >= 0.3 is 0 Å². The predicted octanol–water partition coefficient (Wildman–Crippen LogP) is 1.45. The van der Waals surface area contributed by atoms with Crippen LogP contribution in [0.4, 0.5) is 5.69 Å². The molecule has 1 aromatic carbocycles. The van der Waals surface area contributed by atoms with Crippen molar-refractivity contribution in [3.05, 3.63) is 36.0 Å². The number of carbonyl (C=O) groups is 1. The van der Waals surface area contributed by atoms with E-state index in [0.29, 0.717) is 0 Å². The molecule has 1 unspecified atom stereocenters. The van der Waals surface area contributed by atoms with Crippen molar-refractivity contribution in [2.75, 3.05) is 12.4 Å². The number of hydrogen-bond donors (Lipinski definition) is 2. The minimum atomic E-state index is -0.263. The molecule has 1 aliphatic rings. The molecule has 0 aliphatic carbocycles. The molecular weight excluding hydrogens is 202 g/mol. The summed E-state index contributed by atoms with van der Waals surface area (Å²) >= 11 is 0. The normalized spacial score (nSPS) is 18.6. The lowest BCUT2D eigenvalue weighted by Gasteiger charge is -2.06. The summed E-state index contributed by atoms with van der Waals surface area (Å²) in [6.07, 6.45) is 1.74. The van der Waals surface area contributed by atoms with Crippen LogP contribution < -0.4 is 10.6 Å². The standard InChI is InChI=1S/C12H11N3O/c1-13-11-8-5-4-7-3-2-6-14-9(7)10(8)15-12(11)16/h2-6,11,13H,1H3,(H,15,16). The average molecular weight is 213 g/mol. The lowest BCUT2D eigenvalue weighted by Crippen LogP contribution is -2.23. The monoisotopic (exact) mass is 213 g/mol. The van der Waals surface area contributed by atoms with Gasteiger partial charge in [0.15, 0.2) is 0 Å². The molecule has 0 saturated carbocycles. The number of amides is 1. The summed E-state index contributed by atoms with van der Waals surface area (Å²) in [6.45, 7) is 0. The molecule has 0 saturated heterocycles. The van der Waals surface area contributed by atoms with E-state index in [9.17, 15) is 4.79 Å². The molecule has 3 rings (SSSR count). The Hall–Kier alpha value is -1.94. The molecule has 2 heterocycles. The van der Waals surface area contributed by atoms with Gasteiger partial charge in [-0.15, -0.1) is 0 Å². The van der Waals surface area contributed by atoms with Crippen LogP contribution in [-0.4, -0.2) is 17.9 Å². The Morgan fingerprint density at radius 3 is 3.06 bits per heavy atom. The highest BCUT2D eigenvalue weighted by molar-refractivity contribution is 6.10. The van der Waals surface area contributed by atoms with E-state index in [0.717, 1.165) is 22.2 Å². The minimum Gasteiger partial charge on any atom is -0.322 e. The zero-order chi connectivity index (χ0) is 11.1. The van der Waals surface area contributed by atoms with Gasteiger partial charge in [-0.25, -0.2) is 0 Å². The zero-order valence-corrected chi connectivity index (χ0v) is 8.82. The third-order valence-electron chi connectivity index (χ3n) is 2.92. The molecule has 0 fully saturated rings. The number of pyridine rings is 1. The Balaban J connectivity index is 2.30. The quantitative estimate of drug-likeness (QED) is 0.753. The van der Waals surface area contributed by atoms with Gasteiger partial charge < -0.3 is 10.6 Å². The van der Waals surface area contributed by atoms with E-state index in [1.807, 2.05) is 24.3 Å². The third-order valence-corrected chi connectivity index (χ3v) is 2.92. The van der Waals surface area contributed by atoms with Gasteiger partial charge in [0.25, 0.3) is 0 Å². The Labute approximate surface area is 92.7 Å². The highest BCUT2D eigenvalue weighted by atomic mass is 16.2. The second-order valence-corrected chi connectivity index (χ2v) is 3.82. The van der Waals surface area contributed by atoms with Crippen molar-refractivity contribution < 1.29 is 4.79 Å². The van der Waals surface area contributed by atoms with E-state index in [2.05, 4.69) is 15.6 Å². The molecule has 0 bridgehead atoms. The van der Waals surface area contributed by atoms with Gasteiger partial charge in [-0.2, -0.15) is 0 Å². The van der Waals surface area contributed by atoms with Gasteiger partial charge in [0.1, 0.15) is 6.04 Å². The molecule has 1 amide bonds. The summed E-state index contributed by atoms with van der Waals surface area (Å²) < 4.78 is 0. The highest BCUT2D eigenvalue weighted by Gasteiger charge is 2.30. The summed E-state index contributed by atoms with van der Waals surface area (Å²) in [5.41, 5.74) is 2.66. The van der Waals surface area contributed by atoms with Crippen molar-refractivity contribution in [2.24, 2.45) is 0 Å². The summed E-state index contributed by atoms with van der Waals surface area (Å²) in [4.78, 5) is 16.0. The fourth-order valence-corrected chi connectivity index (χ4v) is 2.16. The second-order valence-electron chi connectivity index (χ2n) is 3.82. The van der Waals surface area contributed by atoms with Crippen molar-refractivity contribution in [3.63, 3.8) is 0 Å². The largest absolute Gasteiger partial charge is 0.322 e. The van der Waals surface area contributed by atoms with Crippen LogP contribution in [0.25, 0.3) is 10.9 Å². The first-order chi connectivity index (χ1) is 7.81. The maximum atomic E-state index is 11.7. The molecule has 4 heteroatoms. The summed E-state index contributed by atoms with van der Waals surface area (Å²) in [5, 5.41) is 6.91. The Morgan fingerprint density at radius 2 is 2.25 bits per heavy atom. The Morgan fingerprint density at radius 1 is 1.38 bits per heavy atom. The maximum absolute atomic E-state index is 11.7. The van der Waals surface area contributed by atoms with Crippen molar-refractivity contribution in [1.29, 1.82) is 0 Å². The first-order valence-electron chi connectivity index (χ1n) is 5.17. The SMILES string of the molecule is CNC1C(=O)Nc2c1ccc1cccnc21. The lowest BCUT2D eigenvalue weighted by atomic mass is 10.1. The molecule has 80 valence electrons. The molecular formula is C12H11N3O. The number of likely N-dealkylation sites (N-methyl/N-ethyl adjacent to an activating group) is 1. The summed E-state index contributed by atoms with van der Waals surface area (Å²) in [6, 6.07) is 7.58. The smallest absolute Gasteiger partial charge is 0.246 e. The highest BCUT2D eigenvalue weighted by Crippen LogP contribution is 2.35. The van der Waals surface area contributed by atoms with Crippen molar-refractivity contribution in [3.8, 4) is 0 Å². The number of fused-ring (bicyclic) bond motifs is 3.